The Kier molecular flexibility index (Phi) is 7.89. The summed E-state index contributed by atoms with van der Waals surface area (Å²) in [4.78, 5) is 22.3. The van der Waals surface area contributed by atoms with Gasteiger partial charge in [-0.1, -0.05) is 23.7 Å². The number of carbonyl (C=O) groups is 1. The van der Waals surface area contributed by atoms with Crippen LogP contribution >= 0.6 is 11.6 Å². The molecule has 0 bridgehead atoms. The largest absolute Gasteiger partial charge is 0.488 e. The Morgan fingerprint density at radius 1 is 1.23 bits per heavy atom. The summed E-state index contributed by atoms with van der Waals surface area (Å²) in [6.07, 6.45) is 3.10. The van der Waals surface area contributed by atoms with Gasteiger partial charge in [0.1, 0.15) is 16.9 Å². The third kappa shape index (κ3) is 5.45. The number of aromatic nitrogens is 2. The second-order valence-corrected chi connectivity index (χ2v) is 13.3. The second kappa shape index (κ2) is 11.2. The molecule has 1 saturated heterocycles. The number of piperazine rings is 1. The van der Waals surface area contributed by atoms with E-state index in [0.717, 1.165) is 47.5 Å². The first kappa shape index (κ1) is 28.1. The summed E-state index contributed by atoms with van der Waals surface area (Å²) in [7, 11) is -3.54. The van der Waals surface area contributed by atoms with E-state index in [4.69, 9.17) is 16.3 Å². The van der Waals surface area contributed by atoms with Crippen molar-refractivity contribution < 1.29 is 17.9 Å². The van der Waals surface area contributed by atoms with Crippen molar-refractivity contribution >= 4 is 51.0 Å². The molecule has 2 atom stereocenters. The lowest BCUT2D eigenvalue weighted by molar-refractivity contribution is -0.119. The van der Waals surface area contributed by atoms with E-state index in [2.05, 4.69) is 25.9 Å². The van der Waals surface area contributed by atoms with Gasteiger partial charge in [-0.2, -0.15) is 4.98 Å². The van der Waals surface area contributed by atoms with Gasteiger partial charge in [0.2, 0.25) is 12.4 Å². The number of carbonyl (C=O) groups excluding carboxylic acids is 1. The fourth-order valence-corrected chi connectivity index (χ4v) is 6.57. The number of rotatable bonds is 8. The minimum Gasteiger partial charge on any atom is -0.488 e. The van der Waals surface area contributed by atoms with Crippen molar-refractivity contribution in [2.45, 2.75) is 56.4 Å². The molecule has 0 spiro atoms. The molecule has 12 heteroatoms. The fourth-order valence-electron chi connectivity index (χ4n) is 5.23. The number of halogens is 1. The normalized spacial score (nSPS) is 18.8. The maximum atomic E-state index is 12.9. The molecular weight excluding hydrogens is 552 g/mol. The summed E-state index contributed by atoms with van der Waals surface area (Å²) in [5, 5.41) is 9.57. The van der Waals surface area contributed by atoms with E-state index in [-0.39, 0.29) is 33.8 Å². The lowest BCUT2D eigenvalue weighted by atomic mass is 9.91. The van der Waals surface area contributed by atoms with Crippen molar-refractivity contribution in [2.24, 2.45) is 0 Å². The van der Waals surface area contributed by atoms with Crippen LogP contribution in [-0.4, -0.2) is 60.7 Å². The van der Waals surface area contributed by atoms with Crippen molar-refractivity contribution in [3.63, 3.8) is 0 Å². The van der Waals surface area contributed by atoms with Gasteiger partial charge in [-0.05, 0) is 57.0 Å². The molecule has 1 fully saturated rings. The number of amides is 1. The summed E-state index contributed by atoms with van der Waals surface area (Å²) in [5.74, 6) is 1.28. The Morgan fingerprint density at radius 2 is 2.00 bits per heavy atom. The Hall–Kier alpha value is -3.41. The number of fused-ring (bicyclic) bond motifs is 1. The average molecular weight is 585 g/mol. The molecule has 1 amide bonds. The molecule has 3 N–H and O–H groups in total. The highest BCUT2D eigenvalue weighted by atomic mass is 35.5. The number of nitrogens with one attached hydrogen (secondary N) is 3. The van der Waals surface area contributed by atoms with Crippen LogP contribution in [0.3, 0.4) is 0 Å². The molecule has 40 heavy (non-hydrogen) atoms. The predicted molar refractivity (Wildman–Crippen MR) is 156 cm³/mol. The molecule has 3 heterocycles. The van der Waals surface area contributed by atoms with Gasteiger partial charge in [-0.3, -0.25) is 4.79 Å². The van der Waals surface area contributed by atoms with Gasteiger partial charge in [-0.15, -0.1) is 0 Å². The van der Waals surface area contributed by atoms with Gasteiger partial charge in [-0.25, -0.2) is 13.4 Å². The van der Waals surface area contributed by atoms with E-state index >= 15 is 0 Å². The maximum Gasteiger partial charge on any atom is 0.229 e. The highest BCUT2D eigenvalue weighted by Gasteiger charge is 2.32. The highest BCUT2D eigenvalue weighted by Crippen LogP contribution is 2.44. The summed E-state index contributed by atoms with van der Waals surface area (Å²) in [6.45, 7) is 9.37. The molecule has 0 saturated carbocycles. The zero-order valence-corrected chi connectivity index (χ0v) is 24.4. The van der Waals surface area contributed by atoms with Gasteiger partial charge in [0, 0.05) is 31.6 Å². The summed E-state index contributed by atoms with van der Waals surface area (Å²) < 4.78 is 32.1. The van der Waals surface area contributed by atoms with Crippen molar-refractivity contribution in [2.75, 3.05) is 30.3 Å². The molecule has 0 aliphatic carbocycles. The third-order valence-corrected chi connectivity index (χ3v) is 9.69. The predicted octanol–water partition coefficient (Wildman–Crippen LogP) is 4.53. The number of sulfone groups is 1. The lowest BCUT2D eigenvalue weighted by Gasteiger charge is -2.33. The van der Waals surface area contributed by atoms with Crippen LogP contribution in [0.25, 0.3) is 0 Å². The first-order chi connectivity index (χ1) is 19.1. The van der Waals surface area contributed by atoms with Crippen molar-refractivity contribution in [3.05, 3.63) is 58.2 Å². The standard InChI is InChI=1S/C28H33ClN6O4S/c1-16(2)40(37,38)24-8-6-5-7-21(24)32-27-20(29)13-31-28(34-27)33-22-11-17(3)25(19-12-18(4)39-26(19)22)23-14-35(15-36)10-9-30-23/h5-8,11,13,15-16,18,23,30H,9-10,12,14H2,1-4H3,(H2,31,32,33,34). The van der Waals surface area contributed by atoms with Gasteiger partial charge in [0.15, 0.2) is 15.7 Å². The molecule has 5 rings (SSSR count). The molecule has 3 aromatic rings. The van der Waals surface area contributed by atoms with E-state index in [1.807, 2.05) is 19.9 Å². The van der Waals surface area contributed by atoms with Crippen molar-refractivity contribution in [1.29, 1.82) is 0 Å². The number of hydrogen-bond acceptors (Lipinski definition) is 9. The smallest absolute Gasteiger partial charge is 0.229 e. The van der Waals surface area contributed by atoms with Crippen LogP contribution in [0.15, 0.2) is 41.4 Å². The molecule has 0 radical (unpaired) electrons. The minimum absolute atomic E-state index is 0.00960. The SMILES string of the molecule is Cc1cc(Nc2ncc(Cl)c(Nc3ccccc3S(=O)(=O)C(C)C)n2)c2c(c1C1CN(C=O)CCN1)CC(C)O2. The van der Waals surface area contributed by atoms with E-state index in [0.29, 0.717) is 18.8 Å². The van der Waals surface area contributed by atoms with Crippen molar-refractivity contribution in [3.8, 4) is 5.75 Å². The monoisotopic (exact) mass is 584 g/mol. The van der Waals surface area contributed by atoms with E-state index in [9.17, 15) is 13.2 Å². The van der Waals surface area contributed by atoms with Crippen LogP contribution in [0.1, 0.15) is 43.5 Å². The van der Waals surface area contributed by atoms with Crippen LogP contribution < -0.4 is 20.7 Å². The number of para-hydroxylation sites is 1. The second-order valence-electron chi connectivity index (χ2n) is 10.4. The lowest BCUT2D eigenvalue weighted by Crippen LogP contribution is -2.45. The van der Waals surface area contributed by atoms with Gasteiger partial charge in [0.25, 0.3) is 0 Å². The average Bonchev–Trinajstić information content (AvgIpc) is 3.32. The number of ether oxygens (including phenoxy) is 1. The quantitative estimate of drug-likeness (QED) is 0.327. The molecule has 212 valence electrons. The molecule has 1 aromatic heterocycles. The van der Waals surface area contributed by atoms with Crippen LogP contribution in [0.5, 0.6) is 5.75 Å². The van der Waals surface area contributed by atoms with E-state index < -0.39 is 15.1 Å². The molecule has 2 unspecified atom stereocenters. The van der Waals surface area contributed by atoms with Crippen LogP contribution in [-0.2, 0) is 21.1 Å². The Bertz CT molecular complexity index is 1550. The topological polar surface area (TPSA) is 126 Å². The van der Waals surface area contributed by atoms with Gasteiger partial charge < -0.3 is 25.6 Å². The van der Waals surface area contributed by atoms with Crippen LogP contribution in [0.4, 0.5) is 23.1 Å². The summed E-state index contributed by atoms with van der Waals surface area (Å²) >= 11 is 6.42. The first-order valence-corrected chi connectivity index (χ1v) is 15.2. The number of nitrogens with zero attached hydrogens (tertiary/aromatic N) is 3. The number of hydrogen-bond donors (Lipinski definition) is 3. The highest BCUT2D eigenvalue weighted by molar-refractivity contribution is 7.92. The van der Waals surface area contributed by atoms with Crippen LogP contribution in [0, 0.1) is 6.92 Å². The fraction of sp³-hybridized carbons (Fsp3) is 0.393. The van der Waals surface area contributed by atoms with Gasteiger partial charge in [0.05, 0.1) is 33.8 Å². The number of aryl methyl sites for hydroxylation is 1. The Balaban J connectivity index is 1.47. The first-order valence-electron chi connectivity index (χ1n) is 13.2. The van der Waals surface area contributed by atoms with Gasteiger partial charge >= 0.3 is 0 Å². The Morgan fingerprint density at radius 3 is 2.75 bits per heavy atom. The molecular formula is C28H33ClN6O4S. The number of benzene rings is 2. The van der Waals surface area contributed by atoms with E-state index in [1.165, 1.54) is 6.20 Å². The Labute approximate surface area is 239 Å². The third-order valence-electron chi connectivity index (χ3n) is 7.20. The summed E-state index contributed by atoms with van der Waals surface area (Å²) in [5.41, 5.74) is 4.41. The molecule has 10 nitrogen and oxygen atoms in total. The minimum atomic E-state index is -3.54. The molecule has 2 aliphatic heterocycles. The van der Waals surface area contributed by atoms with E-state index in [1.54, 1.807) is 43.0 Å². The zero-order chi connectivity index (χ0) is 28.6. The van der Waals surface area contributed by atoms with Crippen molar-refractivity contribution in [1.82, 2.24) is 20.2 Å². The number of anilines is 4. The maximum absolute atomic E-state index is 12.9. The molecule has 2 aromatic carbocycles. The zero-order valence-electron chi connectivity index (χ0n) is 22.9. The summed E-state index contributed by atoms with van der Waals surface area (Å²) in [6, 6.07) is 8.69. The van der Waals surface area contributed by atoms with Crippen LogP contribution in [0.2, 0.25) is 5.02 Å². The molecule has 2 aliphatic rings.